The standard InChI is InChI=1S/C15H18BNO2S/c1-5-13(9-20-12(4)16)8-14-6-11(3)15(17(18)19)7-10(14)2/h6-7,9H,4-5,8H2,1-3H3/b13-9+. The summed E-state index contributed by atoms with van der Waals surface area (Å²) in [5, 5.41) is 12.9. The van der Waals surface area contributed by atoms with Crippen LogP contribution in [0.5, 0.6) is 0 Å². The van der Waals surface area contributed by atoms with Crippen LogP contribution in [0.15, 0.2) is 34.5 Å². The average Bonchev–Trinajstić information content (AvgIpc) is 2.37. The Hall–Kier alpha value is -1.49. The molecule has 0 atom stereocenters. The monoisotopic (exact) mass is 287 g/mol. The van der Waals surface area contributed by atoms with E-state index in [4.69, 9.17) is 7.85 Å². The molecular weight excluding hydrogens is 269 g/mol. The Morgan fingerprint density at radius 1 is 1.45 bits per heavy atom. The second-order valence-electron chi connectivity index (χ2n) is 4.71. The quantitative estimate of drug-likeness (QED) is 0.442. The second-order valence-corrected chi connectivity index (χ2v) is 5.71. The third kappa shape index (κ3) is 4.56. The van der Waals surface area contributed by atoms with Crippen LogP contribution < -0.4 is 0 Å². The Morgan fingerprint density at radius 2 is 2.10 bits per heavy atom. The van der Waals surface area contributed by atoms with Gasteiger partial charge in [0.1, 0.15) is 7.85 Å². The van der Waals surface area contributed by atoms with Crippen molar-refractivity contribution >= 4 is 25.3 Å². The Morgan fingerprint density at radius 3 is 2.60 bits per heavy atom. The van der Waals surface area contributed by atoms with E-state index < -0.39 is 0 Å². The van der Waals surface area contributed by atoms with Gasteiger partial charge in [0.2, 0.25) is 0 Å². The summed E-state index contributed by atoms with van der Waals surface area (Å²) in [7, 11) is 5.54. The molecule has 0 fully saturated rings. The van der Waals surface area contributed by atoms with Gasteiger partial charge in [-0.15, -0.1) is 11.8 Å². The molecule has 5 heteroatoms. The van der Waals surface area contributed by atoms with Crippen LogP contribution in [0, 0.1) is 24.0 Å². The van der Waals surface area contributed by atoms with Crippen LogP contribution in [0.2, 0.25) is 0 Å². The maximum Gasteiger partial charge on any atom is 0.272 e. The summed E-state index contributed by atoms with van der Waals surface area (Å²) in [5.41, 5.74) is 4.17. The topological polar surface area (TPSA) is 43.1 Å². The molecule has 0 unspecified atom stereocenters. The van der Waals surface area contributed by atoms with E-state index in [0.717, 1.165) is 24.0 Å². The van der Waals surface area contributed by atoms with Gasteiger partial charge in [-0.1, -0.05) is 23.9 Å². The van der Waals surface area contributed by atoms with E-state index in [9.17, 15) is 10.1 Å². The van der Waals surface area contributed by atoms with Crippen LogP contribution >= 0.6 is 11.8 Å². The number of nitrogens with zero attached hydrogens (tertiary/aromatic N) is 1. The number of hydrogen-bond donors (Lipinski definition) is 0. The fourth-order valence-corrected chi connectivity index (χ4v) is 2.47. The maximum atomic E-state index is 10.9. The van der Waals surface area contributed by atoms with Crippen LogP contribution in [0.25, 0.3) is 0 Å². The molecule has 104 valence electrons. The van der Waals surface area contributed by atoms with Crippen LogP contribution in [-0.2, 0) is 6.42 Å². The molecule has 1 rings (SSSR count). The van der Waals surface area contributed by atoms with Gasteiger partial charge in [0.15, 0.2) is 0 Å². The third-order valence-corrected chi connectivity index (χ3v) is 3.85. The number of benzene rings is 1. The van der Waals surface area contributed by atoms with Crippen LogP contribution in [0.4, 0.5) is 5.69 Å². The van der Waals surface area contributed by atoms with Crippen LogP contribution in [-0.4, -0.2) is 12.8 Å². The van der Waals surface area contributed by atoms with Gasteiger partial charge in [-0.2, -0.15) is 0 Å². The van der Waals surface area contributed by atoms with Gasteiger partial charge in [-0.25, -0.2) is 0 Å². The van der Waals surface area contributed by atoms with E-state index in [2.05, 4.69) is 13.5 Å². The second kappa shape index (κ2) is 7.34. The number of thioether (sulfide) groups is 1. The number of nitro groups is 1. The molecule has 3 nitrogen and oxygen atoms in total. The van der Waals surface area contributed by atoms with Crippen molar-refractivity contribution in [3.63, 3.8) is 0 Å². The molecule has 0 aromatic heterocycles. The molecule has 20 heavy (non-hydrogen) atoms. The van der Waals surface area contributed by atoms with Gasteiger partial charge < -0.3 is 0 Å². The highest BCUT2D eigenvalue weighted by Crippen LogP contribution is 2.26. The average molecular weight is 287 g/mol. The molecule has 0 aliphatic rings. The third-order valence-electron chi connectivity index (χ3n) is 3.10. The zero-order valence-electron chi connectivity index (χ0n) is 12.1. The van der Waals surface area contributed by atoms with E-state index >= 15 is 0 Å². The Bertz CT molecular complexity index is 567. The summed E-state index contributed by atoms with van der Waals surface area (Å²) in [6, 6.07) is 3.55. The zero-order valence-corrected chi connectivity index (χ0v) is 12.9. The SMILES string of the molecule is [B]C(=C)S/C=C(\CC)Cc1cc(C)c([N+](=O)[O-])cc1C. The summed E-state index contributed by atoms with van der Waals surface area (Å²) in [5.74, 6) is 0. The normalized spacial score (nSPS) is 11.4. The van der Waals surface area contributed by atoms with Gasteiger partial charge in [0, 0.05) is 11.6 Å². The first kappa shape index (κ1) is 16.6. The zero-order chi connectivity index (χ0) is 15.3. The predicted molar refractivity (Wildman–Crippen MR) is 87.1 cm³/mol. The lowest BCUT2D eigenvalue weighted by atomic mass is 9.97. The van der Waals surface area contributed by atoms with E-state index in [1.807, 2.05) is 18.4 Å². The first-order chi connectivity index (χ1) is 9.35. The molecule has 0 N–H and O–H groups in total. The molecular formula is C15H18BNO2S. The molecule has 0 heterocycles. The first-order valence-corrected chi connectivity index (χ1v) is 7.26. The lowest BCUT2D eigenvalue weighted by Gasteiger charge is -2.10. The molecule has 0 bridgehead atoms. The van der Waals surface area contributed by atoms with Crippen molar-refractivity contribution in [3.8, 4) is 0 Å². The van der Waals surface area contributed by atoms with Gasteiger partial charge in [-0.3, -0.25) is 10.1 Å². The number of rotatable bonds is 6. The van der Waals surface area contributed by atoms with E-state index in [1.54, 1.807) is 13.0 Å². The predicted octanol–water partition coefficient (Wildman–Crippen LogP) is 4.42. The molecule has 0 saturated heterocycles. The van der Waals surface area contributed by atoms with Crippen molar-refractivity contribution < 1.29 is 4.92 Å². The van der Waals surface area contributed by atoms with E-state index in [0.29, 0.717) is 10.4 Å². The highest BCUT2D eigenvalue weighted by molar-refractivity contribution is 8.07. The smallest absolute Gasteiger partial charge is 0.258 e. The van der Waals surface area contributed by atoms with Crippen LogP contribution in [0.1, 0.15) is 30.0 Å². The molecule has 0 aliphatic heterocycles. The van der Waals surface area contributed by atoms with E-state index in [1.165, 1.54) is 17.3 Å². The van der Waals surface area contributed by atoms with Gasteiger partial charge >= 0.3 is 0 Å². The van der Waals surface area contributed by atoms with Gasteiger partial charge in [0.25, 0.3) is 5.69 Å². The first-order valence-electron chi connectivity index (χ1n) is 6.38. The summed E-state index contributed by atoms with van der Waals surface area (Å²) < 4.78 is 0. The Balaban J connectivity index is 3.03. The Kier molecular flexibility index (Phi) is 6.08. The lowest BCUT2D eigenvalue weighted by molar-refractivity contribution is -0.385. The van der Waals surface area contributed by atoms with Crippen molar-refractivity contribution in [1.82, 2.24) is 0 Å². The molecule has 0 amide bonds. The lowest BCUT2D eigenvalue weighted by Crippen LogP contribution is -1.98. The highest BCUT2D eigenvalue weighted by atomic mass is 32.2. The summed E-state index contributed by atoms with van der Waals surface area (Å²) in [4.78, 5) is 11.1. The molecule has 2 radical (unpaired) electrons. The van der Waals surface area contributed by atoms with E-state index in [-0.39, 0.29) is 10.6 Å². The van der Waals surface area contributed by atoms with Crippen molar-refractivity contribution in [2.75, 3.05) is 0 Å². The van der Waals surface area contributed by atoms with Crippen molar-refractivity contribution in [2.45, 2.75) is 33.6 Å². The minimum absolute atomic E-state index is 0.179. The number of aryl methyl sites for hydroxylation is 2. The molecule has 0 spiro atoms. The molecule has 0 aliphatic carbocycles. The fourth-order valence-electron chi connectivity index (χ4n) is 1.90. The number of hydrogen-bond acceptors (Lipinski definition) is 3. The molecule has 0 saturated carbocycles. The minimum atomic E-state index is -0.336. The van der Waals surface area contributed by atoms with Crippen LogP contribution in [0.3, 0.4) is 0 Å². The van der Waals surface area contributed by atoms with Gasteiger partial charge in [0.05, 0.1) is 4.92 Å². The van der Waals surface area contributed by atoms with Gasteiger partial charge in [-0.05, 0) is 49.3 Å². The molecule has 1 aromatic rings. The van der Waals surface area contributed by atoms with Crippen molar-refractivity contribution in [3.05, 3.63) is 61.3 Å². The highest BCUT2D eigenvalue weighted by Gasteiger charge is 2.13. The number of allylic oxidation sites excluding steroid dienone is 1. The fraction of sp³-hybridized carbons (Fsp3) is 0.333. The minimum Gasteiger partial charge on any atom is -0.258 e. The largest absolute Gasteiger partial charge is 0.272 e. The Labute approximate surface area is 125 Å². The number of nitro benzene ring substituents is 1. The molecule has 1 aromatic carbocycles. The summed E-state index contributed by atoms with van der Waals surface area (Å²) in [6.45, 7) is 9.41. The summed E-state index contributed by atoms with van der Waals surface area (Å²) >= 11 is 1.41. The van der Waals surface area contributed by atoms with Crippen molar-refractivity contribution in [2.24, 2.45) is 0 Å². The van der Waals surface area contributed by atoms with Crippen molar-refractivity contribution in [1.29, 1.82) is 0 Å². The maximum absolute atomic E-state index is 10.9. The summed E-state index contributed by atoms with van der Waals surface area (Å²) in [6.07, 6.45) is 1.69.